The van der Waals surface area contributed by atoms with Crippen molar-refractivity contribution in [1.29, 1.82) is 5.26 Å². The second kappa shape index (κ2) is 15.6. The molecule has 278 valence electrons. The minimum Gasteiger partial charge on any atom is -0.490 e. The highest BCUT2D eigenvalue weighted by molar-refractivity contribution is 6.31. The first-order chi connectivity index (χ1) is 26.1. The minimum atomic E-state index is -1.02. The van der Waals surface area contributed by atoms with E-state index in [2.05, 4.69) is 31.2 Å². The van der Waals surface area contributed by atoms with Gasteiger partial charge in [0.25, 0.3) is 17.7 Å². The molecule has 1 atom stereocenters. The number of carbonyl (C=O) groups is 6. The summed E-state index contributed by atoms with van der Waals surface area (Å²) >= 11 is 6.11. The van der Waals surface area contributed by atoms with Gasteiger partial charge in [0.15, 0.2) is 0 Å². The monoisotopic (exact) mass is 753 g/mol. The third kappa shape index (κ3) is 7.87. The number of imide groups is 2. The zero-order valence-corrected chi connectivity index (χ0v) is 29.8. The maximum Gasteiger partial charge on any atom is 0.262 e. The molecule has 17 heteroatoms. The molecule has 54 heavy (non-hydrogen) atoms. The van der Waals surface area contributed by atoms with Gasteiger partial charge in [0.2, 0.25) is 23.7 Å². The van der Waals surface area contributed by atoms with Crippen LogP contribution in [-0.4, -0.2) is 93.0 Å². The number of nitrogens with one attached hydrogen (secondary N) is 4. The van der Waals surface area contributed by atoms with Crippen molar-refractivity contribution in [3.8, 4) is 11.8 Å². The number of anilines is 1. The number of rotatable bonds is 11. The fourth-order valence-electron chi connectivity index (χ4n) is 7.17. The Morgan fingerprint density at radius 3 is 2.26 bits per heavy atom. The number of fused-ring (bicyclic) bond motifs is 2. The molecule has 1 saturated heterocycles. The van der Waals surface area contributed by atoms with E-state index in [9.17, 15) is 28.8 Å². The molecular weight excluding hydrogens is 718 g/mol. The van der Waals surface area contributed by atoms with Gasteiger partial charge in [0.1, 0.15) is 17.9 Å². The van der Waals surface area contributed by atoms with Gasteiger partial charge in [-0.2, -0.15) is 5.26 Å². The normalized spacial score (nSPS) is 20.8. The van der Waals surface area contributed by atoms with Crippen LogP contribution in [0.3, 0.4) is 0 Å². The predicted molar refractivity (Wildman–Crippen MR) is 191 cm³/mol. The summed E-state index contributed by atoms with van der Waals surface area (Å²) in [5, 5.41) is 20.5. The largest absolute Gasteiger partial charge is 0.490 e. The second-order valence-corrected chi connectivity index (χ2v) is 14.1. The fourth-order valence-corrected chi connectivity index (χ4v) is 7.38. The van der Waals surface area contributed by atoms with E-state index in [0.29, 0.717) is 54.0 Å². The van der Waals surface area contributed by atoms with Crippen molar-refractivity contribution >= 4 is 53.0 Å². The Hall–Kier alpha value is -5.92. The van der Waals surface area contributed by atoms with Crippen molar-refractivity contribution in [2.75, 3.05) is 25.0 Å². The van der Waals surface area contributed by atoms with E-state index in [1.807, 2.05) is 11.0 Å². The Balaban J connectivity index is 0.802. The molecule has 1 aromatic heterocycles. The SMILES string of the molecule is N#Cc1ccc(OC2CCC(NC(=O)c3cnc(NCCNC(=O)CN4Cc5cc6c(cc5C4)C(=O)N(C4CCC(=O)NC4=O)C6=O)nc3)CC2)cc1Cl. The van der Waals surface area contributed by atoms with Crippen molar-refractivity contribution in [2.24, 2.45) is 0 Å². The number of piperidine rings is 1. The lowest BCUT2D eigenvalue weighted by Crippen LogP contribution is -2.54. The maximum absolute atomic E-state index is 13.2. The van der Waals surface area contributed by atoms with E-state index in [4.69, 9.17) is 21.6 Å². The molecule has 6 amide bonds. The summed E-state index contributed by atoms with van der Waals surface area (Å²) < 4.78 is 6.03. The van der Waals surface area contributed by atoms with E-state index in [1.54, 1.807) is 30.3 Å². The minimum absolute atomic E-state index is 0.00922. The molecule has 2 fully saturated rings. The Morgan fingerprint density at radius 2 is 1.63 bits per heavy atom. The topological polar surface area (TPSA) is 216 Å². The van der Waals surface area contributed by atoms with Crippen LogP contribution < -0.4 is 26.0 Å². The lowest BCUT2D eigenvalue weighted by atomic mass is 9.92. The molecule has 4 aliphatic rings. The van der Waals surface area contributed by atoms with E-state index >= 15 is 0 Å². The van der Waals surface area contributed by atoms with E-state index in [1.165, 1.54) is 12.4 Å². The van der Waals surface area contributed by atoms with Crippen LogP contribution in [0.15, 0.2) is 42.7 Å². The molecule has 0 spiro atoms. The predicted octanol–water partition coefficient (Wildman–Crippen LogP) is 2.07. The maximum atomic E-state index is 13.2. The average molecular weight is 754 g/mol. The Kier molecular flexibility index (Phi) is 10.5. The number of benzene rings is 2. The third-order valence-corrected chi connectivity index (χ3v) is 10.2. The van der Waals surface area contributed by atoms with Crippen LogP contribution in [0, 0.1) is 11.3 Å². The fraction of sp³-hybridized carbons (Fsp3) is 0.378. The van der Waals surface area contributed by atoms with Gasteiger partial charge in [-0.15, -0.1) is 0 Å². The lowest BCUT2D eigenvalue weighted by molar-refractivity contribution is -0.136. The van der Waals surface area contributed by atoms with Crippen molar-refractivity contribution in [1.82, 2.24) is 35.7 Å². The van der Waals surface area contributed by atoms with Gasteiger partial charge in [0.05, 0.1) is 39.9 Å². The van der Waals surface area contributed by atoms with Crippen LogP contribution >= 0.6 is 11.6 Å². The lowest BCUT2D eigenvalue weighted by Gasteiger charge is -2.29. The summed E-state index contributed by atoms with van der Waals surface area (Å²) in [6.45, 7) is 1.56. The second-order valence-electron chi connectivity index (χ2n) is 13.6. The molecule has 3 aromatic rings. The van der Waals surface area contributed by atoms with Crippen molar-refractivity contribution in [2.45, 2.75) is 69.8 Å². The van der Waals surface area contributed by atoms with Crippen LogP contribution in [0.4, 0.5) is 5.95 Å². The van der Waals surface area contributed by atoms with Gasteiger partial charge in [0, 0.05) is 57.1 Å². The molecular formula is C37H36ClN9O7. The number of ether oxygens (including phenoxy) is 1. The van der Waals surface area contributed by atoms with Gasteiger partial charge < -0.3 is 20.7 Å². The molecule has 16 nitrogen and oxygen atoms in total. The molecule has 7 rings (SSSR count). The van der Waals surface area contributed by atoms with Crippen LogP contribution in [0.1, 0.15) is 86.3 Å². The van der Waals surface area contributed by atoms with Crippen LogP contribution in [-0.2, 0) is 27.5 Å². The van der Waals surface area contributed by atoms with E-state index in [-0.39, 0.29) is 54.5 Å². The molecule has 1 aliphatic carbocycles. The average Bonchev–Trinajstić information content (AvgIpc) is 3.66. The first-order valence-corrected chi connectivity index (χ1v) is 18.0. The van der Waals surface area contributed by atoms with E-state index < -0.39 is 29.7 Å². The number of hydrogen-bond acceptors (Lipinski definition) is 12. The van der Waals surface area contributed by atoms with Crippen molar-refractivity contribution < 1.29 is 33.5 Å². The summed E-state index contributed by atoms with van der Waals surface area (Å²) in [6.07, 6.45) is 6.02. The molecule has 4 heterocycles. The van der Waals surface area contributed by atoms with Gasteiger partial charge in [-0.25, -0.2) is 9.97 Å². The molecule has 3 aliphatic heterocycles. The molecule has 1 saturated carbocycles. The van der Waals surface area contributed by atoms with Crippen LogP contribution in [0.25, 0.3) is 0 Å². The van der Waals surface area contributed by atoms with Gasteiger partial charge in [-0.1, -0.05) is 11.6 Å². The number of nitrogens with zero attached hydrogens (tertiary/aromatic N) is 5. The van der Waals surface area contributed by atoms with Crippen LogP contribution in [0.5, 0.6) is 5.75 Å². The van der Waals surface area contributed by atoms with Crippen molar-refractivity contribution in [3.05, 3.63) is 81.1 Å². The number of amides is 6. The highest BCUT2D eigenvalue weighted by atomic mass is 35.5. The highest BCUT2D eigenvalue weighted by Gasteiger charge is 2.45. The molecule has 2 aromatic carbocycles. The summed E-state index contributed by atoms with van der Waals surface area (Å²) in [6, 6.07) is 9.32. The van der Waals surface area contributed by atoms with Gasteiger partial charge in [-0.05, 0) is 67.5 Å². The van der Waals surface area contributed by atoms with Crippen LogP contribution in [0.2, 0.25) is 5.02 Å². The quantitative estimate of drug-likeness (QED) is 0.164. The first kappa shape index (κ1) is 36.4. The Morgan fingerprint density at radius 1 is 0.944 bits per heavy atom. The van der Waals surface area contributed by atoms with E-state index in [0.717, 1.165) is 41.7 Å². The first-order valence-electron chi connectivity index (χ1n) is 17.7. The zero-order chi connectivity index (χ0) is 37.9. The third-order valence-electron chi connectivity index (χ3n) is 9.93. The van der Waals surface area contributed by atoms with Gasteiger partial charge in [-0.3, -0.25) is 43.9 Å². The summed E-state index contributed by atoms with van der Waals surface area (Å²) in [5.41, 5.74) is 2.81. The highest BCUT2D eigenvalue weighted by Crippen LogP contribution is 2.33. The number of carbonyl (C=O) groups excluding carboxylic acids is 6. The molecule has 1 unspecified atom stereocenters. The summed E-state index contributed by atoms with van der Waals surface area (Å²) in [4.78, 5) is 87.0. The zero-order valence-electron chi connectivity index (χ0n) is 29.0. The smallest absolute Gasteiger partial charge is 0.262 e. The number of halogens is 1. The Labute approximate surface area is 314 Å². The molecule has 0 radical (unpaired) electrons. The number of nitriles is 1. The molecule has 0 bridgehead atoms. The van der Waals surface area contributed by atoms with Gasteiger partial charge >= 0.3 is 0 Å². The number of hydrogen-bond donors (Lipinski definition) is 4. The summed E-state index contributed by atoms with van der Waals surface area (Å²) in [5.74, 6) is -1.76. The number of aromatic nitrogens is 2. The Bertz CT molecular complexity index is 2030. The standard InChI is InChI=1S/C37H36ClN9O7/c38-29-13-26(4-1-20(29)14-39)54-25-5-2-24(3-6-25)44-33(50)23-15-42-37(43-16-23)41-10-9-40-32(49)19-46-17-21-11-27-28(12-22(21)18-46)36(53)47(35(27)52)30-7-8-31(48)45-34(30)51/h1,4,11-13,15-16,24-25,30H,2-3,5-10,17-19H2,(H,40,49)(H,44,50)(H,41,42,43)(H,45,48,51). The van der Waals surface area contributed by atoms with Crippen molar-refractivity contribution in [3.63, 3.8) is 0 Å². The molecule has 4 N–H and O–H groups in total. The summed E-state index contributed by atoms with van der Waals surface area (Å²) in [7, 11) is 0.